The number of benzene rings is 2. The topological polar surface area (TPSA) is 53.9 Å². The summed E-state index contributed by atoms with van der Waals surface area (Å²) >= 11 is 0. The minimum absolute atomic E-state index is 0. The van der Waals surface area contributed by atoms with Crippen molar-refractivity contribution in [3.63, 3.8) is 0 Å². The Hall–Kier alpha value is -1.43. The third kappa shape index (κ3) is 7.91. The molecule has 0 fully saturated rings. The van der Waals surface area contributed by atoms with Crippen LogP contribution in [0.15, 0.2) is 59.6 Å². The van der Waals surface area contributed by atoms with E-state index in [2.05, 4.69) is 4.99 Å². The number of para-hydroxylation sites is 2. The van der Waals surface area contributed by atoms with Crippen molar-refractivity contribution in [2.45, 2.75) is 26.4 Å². The first-order valence-electron chi connectivity index (χ1n) is 7.03. The van der Waals surface area contributed by atoms with Crippen LogP contribution in [0.25, 0.3) is 0 Å². The van der Waals surface area contributed by atoms with E-state index in [4.69, 9.17) is 9.47 Å². The third-order valence-corrected chi connectivity index (χ3v) is 2.59. The van der Waals surface area contributed by atoms with Crippen molar-refractivity contribution in [2.24, 2.45) is 4.99 Å². The Morgan fingerprint density at radius 3 is 2.17 bits per heavy atom. The van der Waals surface area contributed by atoms with Crippen LogP contribution in [0.4, 0.5) is 5.69 Å². The Balaban J connectivity index is 0.00000264. The Bertz CT molecular complexity index is 640. The molecule has 0 heterocycles. The molecule has 2 aromatic rings. The van der Waals surface area contributed by atoms with Crippen molar-refractivity contribution >= 4 is 11.8 Å². The first-order valence-corrected chi connectivity index (χ1v) is 7.03. The van der Waals surface area contributed by atoms with Gasteiger partial charge in [-0.05, 0) is 18.7 Å². The average molecular weight is 311 g/mol. The van der Waals surface area contributed by atoms with E-state index in [1.165, 1.54) is 0 Å². The number of ether oxygens (including phenoxy) is 2. The Morgan fingerprint density at radius 1 is 0.958 bits per heavy atom. The summed E-state index contributed by atoms with van der Waals surface area (Å²) in [5, 5.41) is 11.8. The van der Waals surface area contributed by atoms with E-state index < -0.39 is 11.7 Å². The third-order valence-electron chi connectivity index (χ3n) is 2.59. The molecule has 0 amide bonds. The molecule has 0 aliphatic rings. The van der Waals surface area contributed by atoms with Crippen molar-refractivity contribution in [3.05, 3.63) is 66.8 Å². The molecule has 0 spiro atoms. The molecule has 0 unspecified atom stereocenters. The number of hydrogen-bond acceptors (Lipinski definition) is 4. The van der Waals surface area contributed by atoms with Crippen molar-refractivity contribution in [2.75, 3.05) is 0 Å². The smallest absolute Gasteiger partial charge is 0.594 e. The van der Waals surface area contributed by atoms with Gasteiger partial charge in [-0.1, -0.05) is 39.0 Å². The molecule has 0 aliphatic heterocycles. The van der Waals surface area contributed by atoms with Crippen LogP contribution in [0.5, 0.6) is 5.75 Å². The first-order chi connectivity index (χ1) is 10.4. The van der Waals surface area contributed by atoms with E-state index in [9.17, 15) is 5.11 Å². The van der Waals surface area contributed by atoms with Gasteiger partial charge in [0, 0.05) is 5.60 Å². The van der Waals surface area contributed by atoms with E-state index in [0.29, 0.717) is 11.4 Å². The summed E-state index contributed by atoms with van der Waals surface area (Å²) in [6, 6.07) is 16.7. The van der Waals surface area contributed by atoms with Crippen LogP contribution < -0.4 is 47.6 Å². The van der Waals surface area contributed by atoms with Crippen LogP contribution in [0.1, 0.15) is 26.3 Å². The molecule has 0 aromatic heterocycles. The molecule has 0 saturated carbocycles. The van der Waals surface area contributed by atoms with Gasteiger partial charge in [0.25, 0.3) is 0 Å². The zero-order chi connectivity index (χ0) is 16.0. The number of nitrogens with zero attached hydrogens (tertiary/aromatic N) is 1. The van der Waals surface area contributed by atoms with Crippen LogP contribution >= 0.6 is 0 Å². The molecule has 0 radical (unpaired) electrons. The van der Waals surface area contributed by atoms with Gasteiger partial charge in [-0.3, -0.25) is 0 Å². The maximum atomic E-state index is 11.8. The molecule has 0 N–H and O–H groups in total. The van der Waals surface area contributed by atoms with Crippen molar-refractivity contribution < 1.29 is 52.3 Å². The molecule has 0 atom stereocenters. The van der Waals surface area contributed by atoms with Crippen LogP contribution in [0, 0.1) is 6.61 Å². The Morgan fingerprint density at radius 2 is 1.54 bits per heavy atom. The van der Waals surface area contributed by atoms with Gasteiger partial charge >= 0.3 is 37.7 Å². The van der Waals surface area contributed by atoms with Crippen molar-refractivity contribution in [1.29, 1.82) is 0 Å². The number of hydrogen-bond donors (Lipinski definition) is 0. The Kier molecular flexibility index (Phi) is 9.82. The molecule has 4 nitrogen and oxygen atoms in total. The normalized spacial score (nSPS) is 10.9. The van der Waals surface area contributed by atoms with E-state index in [1.807, 2.05) is 36.4 Å². The SMILES string of the molecule is CC(C)(C)OC([O-])=Nc1ccccc1O[CH-]c1ccccc1.[Li+].[Li+]. The number of aliphatic imine (C=N–C) groups is 1. The fourth-order valence-corrected chi connectivity index (χ4v) is 1.70. The van der Waals surface area contributed by atoms with Gasteiger partial charge in [-0.2, -0.15) is 17.7 Å². The number of rotatable bonds is 4. The summed E-state index contributed by atoms with van der Waals surface area (Å²) in [5.74, 6) is 0.497. The van der Waals surface area contributed by atoms with Gasteiger partial charge in [-0.15, -0.1) is 12.1 Å². The van der Waals surface area contributed by atoms with E-state index >= 15 is 0 Å². The summed E-state index contributed by atoms with van der Waals surface area (Å²) in [7, 11) is 0. The van der Waals surface area contributed by atoms with Crippen LogP contribution in [0.3, 0.4) is 0 Å². The summed E-state index contributed by atoms with van der Waals surface area (Å²) in [6.45, 7) is 7.01. The molecule has 116 valence electrons. The van der Waals surface area contributed by atoms with E-state index in [1.54, 1.807) is 45.6 Å². The maximum absolute atomic E-state index is 11.8. The molecule has 2 aromatic carbocycles. The average Bonchev–Trinajstić information content (AvgIpc) is 2.45. The van der Waals surface area contributed by atoms with Gasteiger partial charge in [-0.25, -0.2) is 4.99 Å². The molecule has 0 bridgehead atoms. The Labute approximate surface area is 167 Å². The second-order valence-electron chi connectivity index (χ2n) is 5.71. The monoisotopic (exact) mass is 311 g/mol. The first kappa shape index (κ1) is 22.6. The summed E-state index contributed by atoms with van der Waals surface area (Å²) < 4.78 is 10.8. The standard InChI is InChI=1S/C18H20NO3.2Li/c1-18(2,3)22-17(20)19-15-11-7-8-12-16(15)21-13-14-9-5-4-6-10-14;;/h4-13H,1-3H3,(H,19,20);;/q-1;2*+1/p-1. The zero-order valence-corrected chi connectivity index (χ0v) is 14.9. The summed E-state index contributed by atoms with van der Waals surface area (Å²) in [5.41, 5.74) is 0.783. The van der Waals surface area contributed by atoms with Crippen molar-refractivity contribution in [1.82, 2.24) is 0 Å². The molecule has 2 rings (SSSR count). The van der Waals surface area contributed by atoms with E-state index in [0.717, 1.165) is 5.56 Å². The molecule has 24 heavy (non-hydrogen) atoms. The van der Waals surface area contributed by atoms with Crippen LogP contribution in [-0.4, -0.2) is 11.7 Å². The van der Waals surface area contributed by atoms with Gasteiger partial charge in [0.2, 0.25) is 0 Å². The second-order valence-corrected chi connectivity index (χ2v) is 5.71. The van der Waals surface area contributed by atoms with Crippen LogP contribution in [-0.2, 0) is 4.74 Å². The largest absolute Gasteiger partial charge is 1.00 e. The van der Waals surface area contributed by atoms with Gasteiger partial charge < -0.3 is 14.6 Å². The van der Waals surface area contributed by atoms with Crippen molar-refractivity contribution in [3.8, 4) is 5.75 Å². The quantitative estimate of drug-likeness (QED) is 0.270. The second kappa shape index (κ2) is 10.4. The minimum Gasteiger partial charge on any atom is -0.594 e. The fourth-order valence-electron chi connectivity index (χ4n) is 1.70. The van der Waals surface area contributed by atoms with E-state index in [-0.39, 0.29) is 37.7 Å². The molecule has 6 heteroatoms. The molecule has 0 aliphatic carbocycles. The predicted molar refractivity (Wildman–Crippen MR) is 84.8 cm³/mol. The molecule has 0 saturated heterocycles. The van der Waals surface area contributed by atoms with Crippen LogP contribution in [0.2, 0.25) is 0 Å². The fraction of sp³-hybridized carbons (Fsp3) is 0.222. The van der Waals surface area contributed by atoms with Gasteiger partial charge in [0.15, 0.2) is 6.08 Å². The zero-order valence-electron chi connectivity index (χ0n) is 14.9. The minimum atomic E-state index is -0.636. The summed E-state index contributed by atoms with van der Waals surface area (Å²) in [4.78, 5) is 3.95. The summed E-state index contributed by atoms with van der Waals surface area (Å²) in [6.07, 6.45) is -0.636. The maximum Gasteiger partial charge on any atom is 1.00 e. The molecular weight excluding hydrogens is 292 g/mol. The predicted octanol–water partition coefficient (Wildman–Crippen LogP) is -2.55. The van der Waals surface area contributed by atoms with Gasteiger partial charge in [0.1, 0.15) is 11.4 Å². The molecular formula is C18H19Li2NO3. The van der Waals surface area contributed by atoms with Gasteiger partial charge in [0.05, 0.1) is 0 Å².